The lowest BCUT2D eigenvalue weighted by atomic mass is 9.80. The number of hydrogen-bond acceptors (Lipinski definition) is 1. The molecule has 0 aromatic rings. The van der Waals surface area contributed by atoms with Crippen molar-refractivity contribution >= 4 is 0 Å². The molecular weight excluding hydrogens is 397 g/mol. The maximum Gasteiger partial charge on any atom is 0.456 e. The van der Waals surface area contributed by atoms with Gasteiger partial charge in [0.25, 0.3) is 5.60 Å². The highest BCUT2D eigenvalue weighted by atomic mass is 19.4. The van der Waals surface area contributed by atoms with Crippen LogP contribution in [-0.4, -0.2) is 49.0 Å². The molecular formula is C8H3F15O. The highest BCUT2D eigenvalue weighted by molar-refractivity contribution is 5.19. The Kier molecular flexibility index (Phi) is 5.21. The molecule has 1 nitrogen and oxygen atoms in total. The summed E-state index contributed by atoms with van der Waals surface area (Å²) in [5.74, 6) is -23.9. The van der Waals surface area contributed by atoms with Gasteiger partial charge in [0.2, 0.25) is 0 Å². The molecule has 0 amide bonds. The van der Waals surface area contributed by atoms with Crippen LogP contribution in [0.15, 0.2) is 0 Å². The van der Waals surface area contributed by atoms with E-state index in [4.69, 9.17) is 0 Å². The number of alkyl halides is 15. The lowest BCUT2D eigenvalue weighted by Gasteiger charge is -2.48. The Hall–Kier alpha value is -1.09. The topological polar surface area (TPSA) is 9.23 Å². The average molecular weight is 400 g/mol. The summed E-state index contributed by atoms with van der Waals surface area (Å²) in [6.07, 6.45) is -23.1. The second-order valence-corrected chi connectivity index (χ2v) is 4.10. The summed E-state index contributed by atoms with van der Waals surface area (Å²) in [6.45, 7) is 0. The lowest BCUT2D eigenvalue weighted by molar-refractivity contribution is -0.491. The fourth-order valence-electron chi connectivity index (χ4n) is 1.57. The predicted molar refractivity (Wildman–Crippen MR) is 42.7 cm³/mol. The number of halogens is 15. The van der Waals surface area contributed by atoms with E-state index in [1.54, 1.807) is 0 Å². The van der Waals surface area contributed by atoms with Crippen molar-refractivity contribution in [3.63, 3.8) is 0 Å². The molecule has 0 unspecified atom stereocenters. The molecule has 0 aliphatic rings. The molecule has 0 aliphatic carbocycles. The Bertz CT molecular complexity index is 387. The van der Waals surface area contributed by atoms with Crippen LogP contribution in [0, 0.1) is 0 Å². The number of methoxy groups -OCH3 is 1. The van der Waals surface area contributed by atoms with Gasteiger partial charge in [-0.1, -0.05) is 0 Å². The molecule has 146 valence electrons. The molecule has 0 aromatic heterocycles. The zero-order chi connectivity index (χ0) is 20.2. The summed E-state index contributed by atoms with van der Waals surface area (Å²) in [4.78, 5) is 0. The van der Waals surface area contributed by atoms with E-state index in [0.717, 1.165) is 0 Å². The van der Waals surface area contributed by atoms with Gasteiger partial charge in [0.05, 0.1) is 0 Å². The van der Waals surface area contributed by atoms with E-state index < -0.39 is 49.0 Å². The highest BCUT2D eigenvalue weighted by Gasteiger charge is 2.97. The van der Waals surface area contributed by atoms with Crippen molar-refractivity contribution in [2.24, 2.45) is 0 Å². The van der Waals surface area contributed by atoms with Crippen molar-refractivity contribution in [3.8, 4) is 0 Å². The Labute approximate surface area is 121 Å². The Morgan fingerprint density at radius 1 is 0.417 bits per heavy atom. The first-order valence-electron chi connectivity index (χ1n) is 4.95. The summed E-state index contributed by atoms with van der Waals surface area (Å²) < 4.78 is 190. The molecule has 24 heavy (non-hydrogen) atoms. The van der Waals surface area contributed by atoms with E-state index in [1.165, 1.54) is 0 Å². The predicted octanol–water partition coefficient (Wildman–Crippen LogP) is 4.96. The summed E-state index contributed by atoms with van der Waals surface area (Å²) >= 11 is 0. The zero-order valence-corrected chi connectivity index (χ0v) is 10.6. The van der Waals surface area contributed by atoms with Gasteiger partial charge in [-0.2, -0.15) is 65.9 Å². The molecule has 16 heteroatoms. The summed E-state index contributed by atoms with van der Waals surface area (Å²) in [6, 6.07) is 0. The van der Waals surface area contributed by atoms with Gasteiger partial charge >= 0.3 is 36.3 Å². The second-order valence-electron chi connectivity index (χ2n) is 4.10. The van der Waals surface area contributed by atoms with E-state index >= 15 is 0 Å². The van der Waals surface area contributed by atoms with Crippen LogP contribution in [0.1, 0.15) is 0 Å². The van der Waals surface area contributed by atoms with Crippen LogP contribution in [0.5, 0.6) is 0 Å². The SMILES string of the molecule is COC(C(F)(F)C(F)(F)F)(C(F)(F)C(F)(F)F)C(F)(F)C(F)(F)F. The maximum atomic E-state index is 13.1. The van der Waals surface area contributed by atoms with Crippen molar-refractivity contribution in [3.05, 3.63) is 0 Å². The fraction of sp³-hybridized carbons (Fsp3) is 1.00. The molecule has 0 N–H and O–H groups in total. The summed E-state index contributed by atoms with van der Waals surface area (Å²) in [5, 5.41) is 0. The van der Waals surface area contributed by atoms with Gasteiger partial charge in [-0.3, -0.25) is 0 Å². The van der Waals surface area contributed by atoms with Crippen molar-refractivity contribution in [1.82, 2.24) is 0 Å². The van der Waals surface area contributed by atoms with Gasteiger partial charge in [0.15, 0.2) is 0 Å². The minimum absolute atomic E-state index is 1.00. The zero-order valence-electron chi connectivity index (χ0n) is 10.6. The van der Waals surface area contributed by atoms with Gasteiger partial charge in [-0.25, -0.2) is 0 Å². The standard InChI is InChI=1S/C8H3F15O/c1-24-2(3(9,10)6(15,16)17,4(11,12)7(18,19)20)5(13,14)8(21,22)23/h1H3. The van der Waals surface area contributed by atoms with Crippen molar-refractivity contribution < 1.29 is 70.6 Å². The third-order valence-electron chi connectivity index (χ3n) is 2.70. The van der Waals surface area contributed by atoms with Crippen LogP contribution in [0.25, 0.3) is 0 Å². The van der Waals surface area contributed by atoms with Gasteiger partial charge in [-0.15, -0.1) is 0 Å². The highest BCUT2D eigenvalue weighted by Crippen LogP contribution is 2.64. The average Bonchev–Trinajstić information content (AvgIpc) is 2.24. The monoisotopic (exact) mass is 400 g/mol. The first kappa shape index (κ1) is 22.9. The fourth-order valence-corrected chi connectivity index (χ4v) is 1.57. The minimum Gasteiger partial charge on any atom is -0.361 e. The first-order chi connectivity index (χ1) is 10.1. The number of ether oxygens (including phenoxy) is 1. The van der Waals surface area contributed by atoms with Gasteiger partial charge in [0.1, 0.15) is 0 Å². The molecule has 0 radical (unpaired) electrons. The van der Waals surface area contributed by atoms with Crippen LogP contribution >= 0.6 is 0 Å². The van der Waals surface area contributed by atoms with Crippen molar-refractivity contribution in [2.75, 3.05) is 7.11 Å². The molecule has 0 rings (SSSR count). The van der Waals surface area contributed by atoms with Crippen molar-refractivity contribution in [2.45, 2.75) is 41.9 Å². The molecule has 0 aliphatic heterocycles. The van der Waals surface area contributed by atoms with E-state index in [-0.39, 0.29) is 0 Å². The molecule has 0 aromatic carbocycles. The third kappa shape index (κ3) is 2.65. The van der Waals surface area contributed by atoms with E-state index in [0.29, 0.717) is 0 Å². The van der Waals surface area contributed by atoms with Gasteiger partial charge in [0, 0.05) is 7.11 Å². The molecule has 0 spiro atoms. The number of hydrogen-bond donors (Lipinski definition) is 0. The largest absolute Gasteiger partial charge is 0.456 e. The van der Waals surface area contributed by atoms with Crippen molar-refractivity contribution in [1.29, 1.82) is 0 Å². The smallest absolute Gasteiger partial charge is 0.361 e. The third-order valence-corrected chi connectivity index (χ3v) is 2.70. The molecule has 0 saturated heterocycles. The molecule has 0 atom stereocenters. The normalized spacial score (nSPS) is 16.5. The van der Waals surface area contributed by atoms with E-state index in [9.17, 15) is 65.9 Å². The van der Waals surface area contributed by atoms with Gasteiger partial charge < -0.3 is 4.74 Å². The minimum atomic E-state index is -7.98. The maximum absolute atomic E-state index is 13.1. The van der Waals surface area contributed by atoms with E-state index in [1.807, 2.05) is 0 Å². The van der Waals surface area contributed by atoms with Crippen LogP contribution in [0.3, 0.4) is 0 Å². The second kappa shape index (κ2) is 5.45. The number of rotatable bonds is 4. The molecule has 0 fully saturated rings. The van der Waals surface area contributed by atoms with Crippen LogP contribution in [0.2, 0.25) is 0 Å². The summed E-state index contributed by atoms with van der Waals surface area (Å²) in [7, 11) is -1.00. The quantitative estimate of drug-likeness (QED) is 0.606. The molecule has 0 heterocycles. The Morgan fingerprint density at radius 2 is 0.583 bits per heavy atom. The van der Waals surface area contributed by atoms with Crippen LogP contribution in [-0.2, 0) is 4.74 Å². The Morgan fingerprint density at radius 3 is 0.667 bits per heavy atom. The summed E-state index contributed by atoms with van der Waals surface area (Å²) in [5.41, 5.74) is -7.69. The van der Waals surface area contributed by atoms with Crippen LogP contribution in [0.4, 0.5) is 65.9 Å². The Balaban J connectivity index is 7.22. The molecule has 0 bridgehead atoms. The van der Waals surface area contributed by atoms with Crippen LogP contribution < -0.4 is 0 Å². The van der Waals surface area contributed by atoms with Gasteiger partial charge in [-0.05, 0) is 0 Å². The van der Waals surface area contributed by atoms with E-state index in [2.05, 4.69) is 4.74 Å². The molecule has 0 saturated carbocycles. The first-order valence-corrected chi connectivity index (χ1v) is 4.95. The lowest BCUT2D eigenvalue weighted by Crippen LogP contribution is -2.80.